The van der Waals surface area contributed by atoms with E-state index in [1.807, 2.05) is 12.1 Å². The SMILES string of the molecule is CCNC(CN(C)Cc1ccc(OC)cc1)C1CCOC1. The van der Waals surface area contributed by atoms with Gasteiger partial charge in [0.25, 0.3) is 0 Å². The number of hydrogen-bond donors (Lipinski definition) is 1. The molecule has 118 valence electrons. The maximum Gasteiger partial charge on any atom is 0.118 e. The van der Waals surface area contributed by atoms with Gasteiger partial charge in [-0.1, -0.05) is 19.1 Å². The Balaban J connectivity index is 1.86. The molecule has 2 atom stereocenters. The molecule has 1 aliphatic rings. The molecular weight excluding hydrogens is 264 g/mol. The van der Waals surface area contributed by atoms with Crippen molar-refractivity contribution in [3.8, 4) is 5.75 Å². The first-order valence-corrected chi connectivity index (χ1v) is 7.85. The minimum atomic E-state index is 0.515. The van der Waals surface area contributed by atoms with Gasteiger partial charge in [-0.15, -0.1) is 0 Å². The maximum absolute atomic E-state index is 5.54. The van der Waals surface area contributed by atoms with Crippen LogP contribution in [0, 0.1) is 5.92 Å². The molecule has 1 heterocycles. The van der Waals surface area contributed by atoms with Crippen molar-refractivity contribution in [3.05, 3.63) is 29.8 Å². The molecule has 4 nitrogen and oxygen atoms in total. The Bertz CT molecular complexity index is 402. The average molecular weight is 292 g/mol. The molecule has 0 bridgehead atoms. The lowest BCUT2D eigenvalue weighted by Gasteiger charge is -2.28. The standard InChI is InChI=1S/C17H28N2O2/c1-4-18-17(15-9-10-21-13-15)12-19(2)11-14-5-7-16(20-3)8-6-14/h5-8,15,17-18H,4,9-13H2,1-3H3. The summed E-state index contributed by atoms with van der Waals surface area (Å²) in [6, 6.07) is 8.83. The Hall–Kier alpha value is -1.10. The fourth-order valence-corrected chi connectivity index (χ4v) is 2.96. The fourth-order valence-electron chi connectivity index (χ4n) is 2.96. The fraction of sp³-hybridized carbons (Fsp3) is 0.647. The van der Waals surface area contributed by atoms with Crippen LogP contribution >= 0.6 is 0 Å². The van der Waals surface area contributed by atoms with Gasteiger partial charge in [-0.2, -0.15) is 0 Å². The number of hydrogen-bond acceptors (Lipinski definition) is 4. The van der Waals surface area contributed by atoms with E-state index < -0.39 is 0 Å². The Morgan fingerprint density at radius 2 is 2.14 bits per heavy atom. The second-order valence-electron chi connectivity index (χ2n) is 5.83. The van der Waals surface area contributed by atoms with E-state index in [2.05, 4.69) is 36.3 Å². The Labute approximate surface area is 128 Å². The average Bonchev–Trinajstić information content (AvgIpc) is 3.02. The molecule has 0 aromatic heterocycles. The molecule has 21 heavy (non-hydrogen) atoms. The first kappa shape index (κ1) is 16.3. The maximum atomic E-state index is 5.54. The summed E-state index contributed by atoms with van der Waals surface area (Å²) in [5.41, 5.74) is 1.32. The van der Waals surface area contributed by atoms with Crippen molar-refractivity contribution in [1.82, 2.24) is 10.2 Å². The van der Waals surface area contributed by atoms with Crippen molar-refractivity contribution >= 4 is 0 Å². The van der Waals surface area contributed by atoms with Crippen LogP contribution in [0.15, 0.2) is 24.3 Å². The van der Waals surface area contributed by atoms with Gasteiger partial charge in [-0.05, 0) is 37.7 Å². The van der Waals surface area contributed by atoms with Crippen molar-refractivity contribution in [2.45, 2.75) is 25.9 Å². The van der Waals surface area contributed by atoms with Crippen molar-refractivity contribution in [1.29, 1.82) is 0 Å². The molecule has 0 radical (unpaired) electrons. The van der Waals surface area contributed by atoms with Gasteiger partial charge in [0.1, 0.15) is 5.75 Å². The molecule has 1 fully saturated rings. The van der Waals surface area contributed by atoms with Crippen LogP contribution in [0.1, 0.15) is 18.9 Å². The molecule has 0 aliphatic carbocycles. The van der Waals surface area contributed by atoms with E-state index in [-0.39, 0.29) is 0 Å². The zero-order valence-electron chi connectivity index (χ0n) is 13.5. The predicted molar refractivity (Wildman–Crippen MR) is 85.7 cm³/mol. The highest BCUT2D eigenvalue weighted by atomic mass is 16.5. The van der Waals surface area contributed by atoms with Crippen LogP contribution in [0.25, 0.3) is 0 Å². The zero-order valence-corrected chi connectivity index (χ0v) is 13.5. The highest BCUT2D eigenvalue weighted by Crippen LogP contribution is 2.18. The normalized spacial score (nSPS) is 19.9. The summed E-state index contributed by atoms with van der Waals surface area (Å²) < 4.78 is 10.7. The molecule has 2 rings (SSSR count). The Morgan fingerprint density at radius 1 is 1.38 bits per heavy atom. The van der Waals surface area contributed by atoms with Gasteiger partial charge in [0.15, 0.2) is 0 Å². The van der Waals surface area contributed by atoms with Crippen LogP contribution in [0.4, 0.5) is 0 Å². The summed E-state index contributed by atoms with van der Waals surface area (Å²) in [5, 5.41) is 3.62. The van der Waals surface area contributed by atoms with Gasteiger partial charge in [0.2, 0.25) is 0 Å². The molecule has 2 unspecified atom stereocenters. The van der Waals surface area contributed by atoms with Gasteiger partial charge in [-0.25, -0.2) is 0 Å². The third-order valence-corrected chi connectivity index (χ3v) is 4.12. The van der Waals surface area contributed by atoms with E-state index in [1.54, 1.807) is 7.11 Å². The Kier molecular flexibility index (Phi) is 6.49. The van der Waals surface area contributed by atoms with E-state index in [9.17, 15) is 0 Å². The summed E-state index contributed by atoms with van der Waals surface area (Å²) in [6.07, 6.45) is 1.17. The molecule has 1 aromatic carbocycles. The lowest BCUT2D eigenvalue weighted by atomic mass is 9.98. The molecule has 1 aliphatic heterocycles. The van der Waals surface area contributed by atoms with Gasteiger partial charge < -0.3 is 19.7 Å². The second-order valence-corrected chi connectivity index (χ2v) is 5.83. The lowest BCUT2D eigenvalue weighted by Crippen LogP contribution is -2.44. The molecule has 1 saturated heterocycles. The number of likely N-dealkylation sites (N-methyl/N-ethyl adjacent to an activating group) is 2. The number of nitrogens with one attached hydrogen (secondary N) is 1. The van der Waals surface area contributed by atoms with E-state index in [4.69, 9.17) is 9.47 Å². The summed E-state index contributed by atoms with van der Waals surface area (Å²) in [6.45, 7) is 7.00. The minimum absolute atomic E-state index is 0.515. The highest BCUT2D eigenvalue weighted by molar-refractivity contribution is 5.27. The molecule has 1 N–H and O–H groups in total. The summed E-state index contributed by atoms with van der Waals surface area (Å²) >= 11 is 0. The predicted octanol–water partition coefficient (Wildman–Crippen LogP) is 2.14. The molecular formula is C17H28N2O2. The second kappa shape index (κ2) is 8.37. The van der Waals surface area contributed by atoms with Crippen molar-refractivity contribution in [2.24, 2.45) is 5.92 Å². The van der Waals surface area contributed by atoms with E-state index >= 15 is 0 Å². The quantitative estimate of drug-likeness (QED) is 0.796. The number of benzene rings is 1. The number of methoxy groups -OCH3 is 1. The molecule has 0 amide bonds. The van der Waals surface area contributed by atoms with Crippen LogP contribution in [0.3, 0.4) is 0 Å². The smallest absolute Gasteiger partial charge is 0.118 e. The number of nitrogens with zero attached hydrogens (tertiary/aromatic N) is 1. The van der Waals surface area contributed by atoms with E-state index in [0.717, 1.165) is 38.6 Å². The van der Waals surface area contributed by atoms with Crippen LogP contribution in [-0.2, 0) is 11.3 Å². The molecule has 0 saturated carbocycles. The highest BCUT2D eigenvalue weighted by Gasteiger charge is 2.25. The first-order chi connectivity index (χ1) is 10.2. The molecule has 1 aromatic rings. The third-order valence-electron chi connectivity index (χ3n) is 4.12. The van der Waals surface area contributed by atoms with Crippen molar-refractivity contribution in [2.75, 3.05) is 40.5 Å². The number of ether oxygens (including phenoxy) is 2. The van der Waals surface area contributed by atoms with Gasteiger partial charge in [-0.3, -0.25) is 0 Å². The summed E-state index contributed by atoms with van der Waals surface area (Å²) in [7, 11) is 3.89. The monoisotopic (exact) mass is 292 g/mol. The van der Waals surface area contributed by atoms with Crippen LogP contribution < -0.4 is 10.1 Å². The van der Waals surface area contributed by atoms with E-state index in [0.29, 0.717) is 12.0 Å². The summed E-state index contributed by atoms with van der Waals surface area (Å²) in [5.74, 6) is 1.55. The van der Waals surface area contributed by atoms with Crippen LogP contribution in [-0.4, -0.2) is 51.4 Å². The van der Waals surface area contributed by atoms with Crippen LogP contribution in [0.2, 0.25) is 0 Å². The molecule has 4 heteroatoms. The van der Waals surface area contributed by atoms with Crippen LogP contribution in [0.5, 0.6) is 5.75 Å². The summed E-state index contributed by atoms with van der Waals surface area (Å²) in [4.78, 5) is 2.38. The van der Waals surface area contributed by atoms with Crippen molar-refractivity contribution in [3.63, 3.8) is 0 Å². The number of rotatable bonds is 8. The minimum Gasteiger partial charge on any atom is -0.497 e. The van der Waals surface area contributed by atoms with Gasteiger partial charge >= 0.3 is 0 Å². The topological polar surface area (TPSA) is 33.7 Å². The lowest BCUT2D eigenvalue weighted by molar-refractivity contribution is 0.166. The Morgan fingerprint density at radius 3 is 2.71 bits per heavy atom. The third kappa shape index (κ3) is 4.99. The van der Waals surface area contributed by atoms with E-state index in [1.165, 1.54) is 12.0 Å². The molecule has 0 spiro atoms. The zero-order chi connectivity index (χ0) is 15.1. The van der Waals surface area contributed by atoms with Gasteiger partial charge in [0, 0.05) is 31.7 Å². The first-order valence-electron chi connectivity index (χ1n) is 7.85. The van der Waals surface area contributed by atoms with Gasteiger partial charge in [0.05, 0.1) is 13.7 Å². The largest absolute Gasteiger partial charge is 0.497 e. The van der Waals surface area contributed by atoms with Crippen molar-refractivity contribution < 1.29 is 9.47 Å².